The summed E-state index contributed by atoms with van der Waals surface area (Å²) >= 11 is 6.28. The molecular formula is C28H23ClFNO5. The first kappa shape index (κ1) is 22.9. The minimum atomic E-state index is -0.640. The van der Waals surface area contributed by atoms with Crippen LogP contribution in [0.15, 0.2) is 48.5 Å². The third-order valence-corrected chi connectivity index (χ3v) is 7.05. The van der Waals surface area contributed by atoms with Crippen LogP contribution in [-0.2, 0) is 17.6 Å². The Labute approximate surface area is 212 Å². The molecule has 1 saturated heterocycles. The summed E-state index contributed by atoms with van der Waals surface area (Å²) in [6, 6.07) is 14.3. The molecule has 8 heteroatoms. The molecule has 6 rings (SSSR count). The number of carbonyl (C=O) groups excluding carboxylic acids is 2. The second-order valence-corrected chi connectivity index (χ2v) is 9.83. The van der Waals surface area contributed by atoms with Gasteiger partial charge in [0.15, 0.2) is 5.78 Å². The second-order valence-electron chi connectivity index (χ2n) is 9.39. The largest absolute Gasteiger partial charge is 0.493 e. The number of rotatable bonds is 5. The number of likely N-dealkylation sites (tertiary alicyclic amines) is 1. The number of fused-ring (bicyclic) bond motifs is 2. The molecule has 3 aromatic carbocycles. The molecule has 0 spiro atoms. The number of nitrogens with zero attached hydrogens (tertiary/aromatic N) is 1. The monoisotopic (exact) mass is 507 g/mol. The van der Waals surface area contributed by atoms with E-state index in [9.17, 15) is 14.0 Å². The third kappa shape index (κ3) is 4.28. The standard InChI is InChI=1S/C28H23ClFNO5/c29-20-2-4-26(22(10-20)17-1-3-25-18(7-17)5-6-34-25)35-14-16-12-31(13-16)28(33)23-9-19-8-21(32)15-36-27(19)11-24(23)30/h1-4,7,9-11,16H,5-6,8,12-15H2. The summed E-state index contributed by atoms with van der Waals surface area (Å²) in [6.45, 7) is 1.97. The van der Waals surface area contributed by atoms with E-state index in [4.69, 9.17) is 25.8 Å². The fraction of sp³-hybridized carbons (Fsp3) is 0.286. The van der Waals surface area contributed by atoms with Crippen molar-refractivity contribution in [1.29, 1.82) is 0 Å². The number of benzene rings is 3. The van der Waals surface area contributed by atoms with Crippen molar-refractivity contribution in [1.82, 2.24) is 4.90 Å². The van der Waals surface area contributed by atoms with Gasteiger partial charge in [0.05, 0.1) is 18.8 Å². The number of ketones is 1. The van der Waals surface area contributed by atoms with E-state index in [1.807, 2.05) is 24.3 Å². The van der Waals surface area contributed by atoms with Gasteiger partial charge in [0.1, 0.15) is 29.7 Å². The van der Waals surface area contributed by atoms with Gasteiger partial charge in [-0.15, -0.1) is 0 Å². The smallest absolute Gasteiger partial charge is 0.256 e. The molecule has 3 aliphatic heterocycles. The molecule has 184 valence electrons. The van der Waals surface area contributed by atoms with Crippen LogP contribution in [0, 0.1) is 11.7 Å². The molecule has 1 fully saturated rings. The Morgan fingerprint density at radius 2 is 1.92 bits per heavy atom. The first-order valence-corrected chi connectivity index (χ1v) is 12.3. The lowest BCUT2D eigenvalue weighted by Gasteiger charge is -2.39. The second kappa shape index (κ2) is 9.13. The highest BCUT2D eigenvalue weighted by molar-refractivity contribution is 6.31. The fourth-order valence-corrected chi connectivity index (χ4v) is 5.06. The van der Waals surface area contributed by atoms with Gasteiger partial charge in [-0.05, 0) is 47.5 Å². The van der Waals surface area contributed by atoms with Crippen LogP contribution in [-0.4, -0.2) is 49.5 Å². The van der Waals surface area contributed by atoms with E-state index < -0.39 is 11.7 Å². The van der Waals surface area contributed by atoms with E-state index in [0.29, 0.717) is 48.4 Å². The zero-order valence-corrected chi connectivity index (χ0v) is 20.1. The molecule has 3 aliphatic rings. The number of carbonyl (C=O) groups is 2. The molecule has 6 nitrogen and oxygen atoms in total. The lowest BCUT2D eigenvalue weighted by Crippen LogP contribution is -2.52. The van der Waals surface area contributed by atoms with Crippen molar-refractivity contribution in [3.05, 3.63) is 76.1 Å². The number of halogens is 2. The molecule has 0 saturated carbocycles. The summed E-state index contributed by atoms with van der Waals surface area (Å²) in [5.74, 6) is 0.953. The molecule has 3 heterocycles. The molecular weight excluding hydrogens is 485 g/mol. The van der Waals surface area contributed by atoms with Crippen LogP contribution in [0.4, 0.5) is 4.39 Å². The predicted octanol–water partition coefficient (Wildman–Crippen LogP) is 4.74. The Bertz CT molecular complexity index is 1380. The Morgan fingerprint density at radius 3 is 2.78 bits per heavy atom. The zero-order valence-electron chi connectivity index (χ0n) is 19.4. The topological polar surface area (TPSA) is 65.1 Å². The molecule has 1 amide bonds. The van der Waals surface area contributed by atoms with Crippen molar-refractivity contribution < 1.29 is 28.2 Å². The van der Waals surface area contributed by atoms with E-state index in [-0.39, 0.29) is 30.3 Å². The maximum atomic E-state index is 14.6. The summed E-state index contributed by atoms with van der Waals surface area (Å²) in [4.78, 5) is 26.2. The number of amides is 1. The van der Waals surface area contributed by atoms with Crippen molar-refractivity contribution >= 4 is 23.3 Å². The normalized spacial score (nSPS) is 16.5. The lowest BCUT2D eigenvalue weighted by molar-refractivity contribution is -0.121. The van der Waals surface area contributed by atoms with Gasteiger partial charge < -0.3 is 19.1 Å². The Hall–Kier alpha value is -3.58. The van der Waals surface area contributed by atoms with Gasteiger partial charge in [0.2, 0.25) is 0 Å². The van der Waals surface area contributed by atoms with Gasteiger partial charge in [-0.1, -0.05) is 17.7 Å². The molecule has 0 bridgehead atoms. The van der Waals surface area contributed by atoms with Crippen LogP contribution in [0.2, 0.25) is 5.02 Å². The summed E-state index contributed by atoms with van der Waals surface area (Å²) in [5, 5.41) is 0.619. The highest BCUT2D eigenvalue weighted by atomic mass is 35.5. The van der Waals surface area contributed by atoms with Crippen LogP contribution in [0.3, 0.4) is 0 Å². The van der Waals surface area contributed by atoms with E-state index in [2.05, 4.69) is 6.07 Å². The minimum Gasteiger partial charge on any atom is -0.493 e. The minimum absolute atomic E-state index is 0.0352. The number of hydrogen-bond donors (Lipinski definition) is 0. The molecule has 0 N–H and O–H groups in total. The van der Waals surface area contributed by atoms with Gasteiger partial charge >= 0.3 is 0 Å². The van der Waals surface area contributed by atoms with Crippen molar-refractivity contribution in [2.24, 2.45) is 5.92 Å². The van der Waals surface area contributed by atoms with Crippen molar-refractivity contribution in [3.63, 3.8) is 0 Å². The summed E-state index contributed by atoms with van der Waals surface area (Å²) in [6.07, 6.45) is 1.02. The quantitative estimate of drug-likeness (QED) is 0.499. The van der Waals surface area contributed by atoms with Gasteiger partial charge in [0.25, 0.3) is 5.91 Å². The summed E-state index contributed by atoms with van der Waals surface area (Å²) in [7, 11) is 0. The van der Waals surface area contributed by atoms with E-state index >= 15 is 0 Å². The predicted molar refractivity (Wildman–Crippen MR) is 132 cm³/mol. The summed E-state index contributed by atoms with van der Waals surface area (Å²) < 4.78 is 31.6. The summed E-state index contributed by atoms with van der Waals surface area (Å²) in [5.41, 5.74) is 3.58. The third-order valence-electron chi connectivity index (χ3n) is 6.82. The van der Waals surface area contributed by atoms with Crippen LogP contribution in [0.5, 0.6) is 17.2 Å². The van der Waals surface area contributed by atoms with Crippen molar-refractivity contribution in [3.8, 4) is 28.4 Å². The molecule has 0 radical (unpaired) electrons. The number of Topliss-reactive ketones (excluding diaryl/α,β-unsaturated/α-hetero) is 1. The maximum Gasteiger partial charge on any atom is 0.256 e. The van der Waals surface area contributed by atoms with E-state index in [0.717, 1.165) is 28.9 Å². The Morgan fingerprint density at radius 1 is 1.06 bits per heavy atom. The molecule has 0 unspecified atom stereocenters. The van der Waals surface area contributed by atoms with Crippen LogP contribution >= 0.6 is 11.6 Å². The van der Waals surface area contributed by atoms with Crippen molar-refractivity contribution in [2.75, 3.05) is 32.9 Å². The van der Waals surface area contributed by atoms with Gasteiger partial charge in [0, 0.05) is 54.1 Å². The average molecular weight is 508 g/mol. The molecule has 0 atom stereocenters. The molecule has 36 heavy (non-hydrogen) atoms. The Kier molecular flexibility index (Phi) is 5.80. The van der Waals surface area contributed by atoms with Crippen LogP contribution in [0.1, 0.15) is 21.5 Å². The Balaban J connectivity index is 1.11. The van der Waals surface area contributed by atoms with E-state index in [1.165, 1.54) is 12.1 Å². The maximum absolute atomic E-state index is 14.6. The first-order valence-electron chi connectivity index (χ1n) is 11.9. The molecule has 3 aromatic rings. The average Bonchev–Trinajstić information content (AvgIpc) is 3.31. The number of hydrogen-bond acceptors (Lipinski definition) is 5. The highest BCUT2D eigenvalue weighted by Crippen LogP contribution is 2.37. The highest BCUT2D eigenvalue weighted by Gasteiger charge is 2.34. The lowest BCUT2D eigenvalue weighted by atomic mass is 9.97. The first-order chi connectivity index (χ1) is 17.4. The van der Waals surface area contributed by atoms with Crippen molar-refractivity contribution in [2.45, 2.75) is 12.8 Å². The zero-order chi connectivity index (χ0) is 24.8. The van der Waals surface area contributed by atoms with Gasteiger partial charge in [-0.2, -0.15) is 0 Å². The van der Waals surface area contributed by atoms with Crippen LogP contribution < -0.4 is 14.2 Å². The van der Waals surface area contributed by atoms with Gasteiger partial charge in [-0.25, -0.2) is 4.39 Å². The molecule has 0 aliphatic carbocycles. The van der Waals surface area contributed by atoms with Crippen LogP contribution in [0.25, 0.3) is 11.1 Å². The van der Waals surface area contributed by atoms with Gasteiger partial charge in [-0.3, -0.25) is 9.59 Å². The number of ether oxygens (including phenoxy) is 3. The fourth-order valence-electron chi connectivity index (χ4n) is 4.88. The molecule has 0 aromatic heterocycles. The van der Waals surface area contributed by atoms with E-state index in [1.54, 1.807) is 11.0 Å². The SMILES string of the molecule is O=C1COc2cc(F)c(C(=O)N3CC(COc4ccc(Cl)cc4-c4ccc5c(c4)CCO5)C3)cc2C1.